The molecule has 0 aliphatic carbocycles. The number of furan rings is 1. The van der Waals surface area contributed by atoms with Crippen molar-refractivity contribution in [1.29, 1.82) is 0 Å². The second-order valence-corrected chi connectivity index (χ2v) is 23.2. The fourth-order valence-electron chi connectivity index (χ4n) is 7.60. The van der Waals surface area contributed by atoms with Crippen molar-refractivity contribution in [2.24, 2.45) is 5.41 Å². The molecular weight excluding hydrogens is 929 g/mol. The van der Waals surface area contributed by atoms with Gasteiger partial charge in [-0.2, -0.15) is 0 Å². The molecule has 0 saturated carbocycles. The summed E-state index contributed by atoms with van der Waals surface area (Å²) in [4.78, 5) is 14.1. The van der Waals surface area contributed by atoms with E-state index < -0.39 is 19.9 Å². The molecular formula is C53H52IrN4OSi-2. The first-order valence-corrected chi connectivity index (χ1v) is 23.8. The van der Waals surface area contributed by atoms with E-state index in [2.05, 4.69) is 128 Å². The van der Waals surface area contributed by atoms with Crippen LogP contribution < -0.4 is 5.19 Å². The first kappa shape index (κ1) is 40.0. The molecule has 0 fully saturated rings. The number of fused-ring (bicyclic) bond motifs is 4. The Hall–Kier alpha value is -5.46. The van der Waals surface area contributed by atoms with Crippen molar-refractivity contribution in [3.63, 3.8) is 0 Å². The molecule has 5 nitrogen and oxygen atoms in total. The van der Waals surface area contributed by atoms with E-state index in [4.69, 9.17) is 12.1 Å². The maximum Gasteiger partial charge on any atom is 0.120 e. The van der Waals surface area contributed by atoms with Gasteiger partial charge in [-0.1, -0.05) is 138 Å². The molecule has 0 amide bonds. The van der Waals surface area contributed by atoms with Crippen LogP contribution in [0.4, 0.5) is 0 Å². The van der Waals surface area contributed by atoms with Gasteiger partial charge in [-0.15, -0.1) is 54.1 Å². The molecule has 0 spiro atoms. The van der Waals surface area contributed by atoms with E-state index in [0.29, 0.717) is 0 Å². The standard InChI is InChI=1S/C34H26N3O.C19H26NSi.Ir/c1-34(2,3)27-20-23(22-10-5-4-6-11-22)16-17-29(27)37-30-18-19-35-21-28(30)36-33(37)26-14-9-13-25-24-12-7-8-15-31(24)38-32(25)26;1-19(2,3)13-16-12-17(15-10-8-7-9-11-15)20-14-18(16)21(4,5)6;/h4-13,15-21H,1-3H3;7-10,12,14H,13H2,1-6H3;/q2*-1;/i;13D2;. The summed E-state index contributed by atoms with van der Waals surface area (Å²) in [6, 6.07) is 47.7. The number of nitrogens with zero attached hydrogens (tertiary/aromatic N) is 4. The minimum Gasteiger partial charge on any atom is -0.501 e. The quantitative estimate of drug-likeness (QED) is 0.123. The molecule has 60 heavy (non-hydrogen) atoms. The summed E-state index contributed by atoms with van der Waals surface area (Å²) >= 11 is 0. The topological polar surface area (TPSA) is 56.7 Å². The Morgan fingerprint density at radius 3 is 2.22 bits per heavy atom. The molecule has 5 aromatic carbocycles. The van der Waals surface area contributed by atoms with Crippen LogP contribution in [0.25, 0.3) is 72.4 Å². The molecule has 305 valence electrons. The molecule has 0 atom stereocenters. The van der Waals surface area contributed by atoms with Crippen molar-refractivity contribution in [1.82, 2.24) is 19.5 Å². The first-order chi connectivity index (χ1) is 28.9. The Morgan fingerprint density at radius 1 is 0.750 bits per heavy atom. The van der Waals surface area contributed by atoms with Crippen LogP contribution in [0.5, 0.6) is 0 Å². The third kappa shape index (κ3) is 8.85. The van der Waals surface area contributed by atoms with Gasteiger partial charge in [0.2, 0.25) is 0 Å². The van der Waals surface area contributed by atoms with Gasteiger partial charge in [0, 0.05) is 46.3 Å². The molecule has 0 saturated heterocycles. The summed E-state index contributed by atoms with van der Waals surface area (Å²) in [6.07, 6.45) is 4.12. The predicted molar refractivity (Wildman–Crippen MR) is 249 cm³/mol. The van der Waals surface area contributed by atoms with E-state index >= 15 is 0 Å². The number of aromatic nitrogens is 4. The average Bonchev–Trinajstić information content (AvgIpc) is 3.82. The first-order valence-electron chi connectivity index (χ1n) is 21.3. The number of imidazole rings is 1. The molecule has 0 aliphatic heterocycles. The molecule has 0 N–H and O–H groups in total. The Balaban J connectivity index is 0.000000208. The molecule has 7 heteroatoms. The maximum atomic E-state index is 8.75. The zero-order valence-corrected chi connectivity index (χ0v) is 39.2. The summed E-state index contributed by atoms with van der Waals surface area (Å²) < 4.78 is 26.1. The fourth-order valence-corrected chi connectivity index (χ4v) is 9.00. The van der Waals surface area contributed by atoms with Crippen LogP contribution in [0.15, 0.2) is 144 Å². The molecule has 0 aliphatic rings. The molecule has 0 unspecified atom stereocenters. The number of rotatable bonds is 6. The normalized spacial score (nSPS) is 12.8. The van der Waals surface area contributed by atoms with Crippen LogP contribution in [0, 0.1) is 17.5 Å². The number of hydrogen-bond acceptors (Lipinski definition) is 4. The van der Waals surface area contributed by atoms with Gasteiger partial charge in [0.05, 0.1) is 36.7 Å². The van der Waals surface area contributed by atoms with Crippen molar-refractivity contribution in [2.45, 2.75) is 73.0 Å². The molecule has 9 rings (SSSR count). The van der Waals surface area contributed by atoms with Crippen molar-refractivity contribution in [3.8, 4) is 39.5 Å². The van der Waals surface area contributed by atoms with Gasteiger partial charge >= 0.3 is 0 Å². The van der Waals surface area contributed by atoms with Gasteiger partial charge in [-0.05, 0) is 69.0 Å². The number of benzene rings is 5. The van der Waals surface area contributed by atoms with Crippen LogP contribution in [0.2, 0.25) is 19.6 Å². The van der Waals surface area contributed by atoms with Gasteiger partial charge in [-0.3, -0.25) is 9.97 Å². The van der Waals surface area contributed by atoms with Crippen LogP contribution in [-0.4, -0.2) is 27.6 Å². The Kier molecular flexibility index (Phi) is 11.3. The number of para-hydroxylation sites is 1. The van der Waals surface area contributed by atoms with Gasteiger partial charge in [-0.25, -0.2) is 0 Å². The second kappa shape index (κ2) is 16.9. The summed E-state index contributed by atoms with van der Waals surface area (Å²) in [5.41, 5.74) is 10.9. The van der Waals surface area contributed by atoms with Crippen molar-refractivity contribution < 1.29 is 27.3 Å². The molecule has 0 bridgehead atoms. The fraction of sp³-hybridized carbons (Fsp3) is 0.226. The summed E-state index contributed by atoms with van der Waals surface area (Å²) in [7, 11) is -1.70. The van der Waals surface area contributed by atoms with Gasteiger partial charge in [0.15, 0.2) is 0 Å². The summed E-state index contributed by atoms with van der Waals surface area (Å²) in [6.45, 7) is 19.3. The summed E-state index contributed by atoms with van der Waals surface area (Å²) in [5.74, 6) is 0.788. The minimum atomic E-state index is -1.70. The number of pyridine rings is 2. The smallest absolute Gasteiger partial charge is 0.120 e. The van der Waals surface area contributed by atoms with E-state index in [-0.39, 0.29) is 25.5 Å². The van der Waals surface area contributed by atoms with Crippen LogP contribution >= 0.6 is 0 Å². The van der Waals surface area contributed by atoms with Crippen LogP contribution in [0.3, 0.4) is 0 Å². The third-order valence-corrected chi connectivity index (χ3v) is 12.4. The zero-order valence-electron chi connectivity index (χ0n) is 37.8. The molecule has 1 radical (unpaired) electrons. The molecule has 4 aromatic heterocycles. The largest absolute Gasteiger partial charge is 0.501 e. The molecule has 9 aromatic rings. The van der Waals surface area contributed by atoms with Crippen LogP contribution in [0.1, 0.15) is 55.4 Å². The Bertz CT molecular complexity index is 3010. The Morgan fingerprint density at radius 2 is 1.50 bits per heavy atom. The average molecular weight is 983 g/mol. The summed E-state index contributed by atoms with van der Waals surface area (Å²) in [5, 5.41) is 3.24. The van der Waals surface area contributed by atoms with Gasteiger partial charge in [0.25, 0.3) is 0 Å². The van der Waals surface area contributed by atoms with Gasteiger partial charge in [0.1, 0.15) is 5.58 Å². The van der Waals surface area contributed by atoms with E-state index in [1.165, 1.54) is 16.7 Å². The number of hydrogen-bond donors (Lipinski definition) is 0. The monoisotopic (exact) mass is 983 g/mol. The van der Waals surface area contributed by atoms with Crippen molar-refractivity contribution in [2.75, 3.05) is 0 Å². The van der Waals surface area contributed by atoms with Gasteiger partial charge < -0.3 is 14.0 Å². The van der Waals surface area contributed by atoms with E-state index in [1.54, 1.807) is 0 Å². The second-order valence-electron chi connectivity index (χ2n) is 18.2. The van der Waals surface area contributed by atoms with Crippen LogP contribution in [-0.2, 0) is 31.9 Å². The maximum absolute atomic E-state index is 8.75. The third-order valence-electron chi connectivity index (χ3n) is 10.4. The van der Waals surface area contributed by atoms with Crippen molar-refractivity contribution >= 4 is 46.2 Å². The molecule has 4 heterocycles. The van der Waals surface area contributed by atoms with E-state index in [9.17, 15) is 0 Å². The van der Waals surface area contributed by atoms with E-state index in [1.807, 2.05) is 100 Å². The SMILES string of the molecule is CC(C)(C)c1cc(-c2ccccc2)ccc1-n1c(-c2[c-]ccc3c2oc2ccccc23)nc2cnccc21.[2H]C([2H])(c1cc(-c2[c-]cccc2)ncc1[Si](C)(C)C)C(C)(C)C.[Ir]. The predicted octanol–water partition coefficient (Wildman–Crippen LogP) is 13.4. The minimum absolute atomic E-state index is 0. The van der Waals surface area contributed by atoms with Crippen molar-refractivity contribution in [3.05, 3.63) is 163 Å². The zero-order chi connectivity index (χ0) is 43.3. The van der Waals surface area contributed by atoms with E-state index in [0.717, 1.165) is 72.1 Å². The Labute approximate surface area is 372 Å².